The van der Waals surface area contributed by atoms with Gasteiger partial charge in [-0.1, -0.05) is 0 Å². The van der Waals surface area contributed by atoms with Gasteiger partial charge in [-0.3, -0.25) is 10.1 Å². The van der Waals surface area contributed by atoms with Crippen molar-refractivity contribution in [3.8, 4) is 0 Å². The number of nitrogens with two attached hydrogens (primary N) is 1. The van der Waals surface area contributed by atoms with Gasteiger partial charge in [0.25, 0.3) is 5.69 Å². The number of halogens is 3. The first kappa shape index (κ1) is 14.1. The van der Waals surface area contributed by atoms with Crippen molar-refractivity contribution in [2.75, 3.05) is 24.2 Å². The molecule has 1 aromatic rings. The second-order valence-corrected chi connectivity index (χ2v) is 3.79. The molecule has 18 heavy (non-hydrogen) atoms. The Morgan fingerprint density at radius 3 is 2.50 bits per heavy atom. The molecular formula is C10H12F3N3O2. The number of nitro benzene ring substituents is 1. The maximum absolute atomic E-state index is 12.1. The Morgan fingerprint density at radius 1 is 1.44 bits per heavy atom. The number of anilines is 2. The number of nitrogen functional groups attached to an aromatic ring is 1. The molecule has 0 fully saturated rings. The van der Waals surface area contributed by atoms with Crippen LogP contribution in [0.3, 0.4) is 0 Å². The smallest absolute Gasteiger partial charge is 0.390 e. The zero-order valence-electron chi connectivity index (χ0n) is 9.57. The molecule has 0 aliphatic heterocycles. The zero-order chi connectivity index (χ0) is 13.9. The molecule has 0 radical (unpaired) electrons. The SMILES string of the molecule is CN(CCC(F)(F)F)c1ccc([N+](=O)[O-])cc1N. The predicted molar refractivity (Wildman–Crippen MR) is 61.5 cm³/mol. The van der Waals surface area contributed by atoms with Crippen LogP contribution in [0.4, 0.5) is 30.2 Å². The average Bonchev–Trinajstić information content (AvgIpc) is 2.24. The molecule has 0 aliphatic carbocycles. The highest BCUT2D eigenvalue weighted by atomic mass is 19.4. The van der Waals surface area contributed by atoms with Crippen LogP contribution in [0, 0.1) is 10.1 Å². The number of alkyl halides is 3. The molecule has 0 saturated carbocycles. The summed E-state index contributed by atoms with van der Waals surface area (Å²) in [6.45, 7) is -0.258. The molecule has 100 valence electrons. The van der Waals surface area contributed by atoms with Gasteiger partial charge in [-0.05, 0) is 6.07 Å². The van der Waals surface area contributed by atoms with Gasteiger partial charge in [0.15, 0.2) is 0 Å². The molecule has 0 amide bonds. The lowest BCUT2D eigenvalue weighted by Gasteiger charge is -2.21. The van der Waals surface area contributed by atoms with Crippen LogP contribution in [0.2, 0.25) is 0 Å². The fraction of sp³-hybridized carbons (Fsp3) is 0.400. The maximum atomic E-state index is 12.1. The van der Waals surface area contributed by atoms with Crippen LogP contribution in [-0.4, -0.2) is 24.7 Å². The Morgan fingerprint density at radius 2 is 2.06 bits per heavy atom. The van der Waals surface area contributed by atoms with Crippen molar-refractivity contribution in [3.63, 3.8) is 0 Å². The summed E-state index contributed by atoms with van der Waals surface area (Å²) in [6, 6.07) is 3.67. The average molecular weight is 263 g/mol. The van der Waals surface area contributed by atoms with Crippen molar-refractivity contribution in [3.05, 3.63) is 28.3 Å². The quantitative estimate of drug-likeness (QED) is 0.514. The van der Waals surface area contributed by atoms with Gasteiger partial charge in [-0.15, -0.1) is 0 Å². The third kappa shape index (κ3) is 3.79. The van der Waals surface area contributed by atoms with E-state index in [1.54, 1.807) is 0 Å². The summed E-state index contributed by atoms with van der Waals surface area (Å²) >= 11 is 0. The van der Waals surface area contributed by atoms with Crippen molar-refractivity contribution >= 4 is 17.1 Å². The van der Waals surface area contributed by atoms with Crippen LogP contribution in [0.5, 0.6) is 0 Å². The van der Waals surface area contributed by atoms with E-state index in [0.29, 0.717) is 5.69 Å². The van der Waals surface area contributed by atoms with E-state index >= 15 is 0 Å². The van der Waals surface area contributed by atoms with E-state index in [1.807, 2.05) is 0 Å². The van der Waals surface area contributed by atoms with Crippen LogP contribution in [-0.2, 0) is 0 Å². The molecule has 8 heteroatoms. The Hall–Kier alpha value is -1.99. The highest BCUT2D eigenvalue weighted by Crippen LogP contribution is 2.28. The highest BCUT2D eigenvalue weighted by Gasteiger charge is 2.27. The Balaban J connectivity index is 2.80. The van der Waals surface area contributed by atoms with Gasteiger partial charge in [0.2, 0.25) is 0 Å². The molecule has 5 nitrogen and oxygen atoms in total. The van der Waals surface area contributed by atoms with Crippen molar-refractivity contribution in [1.82, 2.24) is 0 Å². The third-order valence-electron chi connectivity index (χ3n) is 2.36. The molecule has 1 rings (SSSR count). The second-order valence-electron chi connectivity index (χ2n) is 3.79. The first-order chi connectivity index (χ1) is 8.20. The van der Waals surface area contributed by atoms with E-state index < -0.39 is 17.5 Å². The van der Waals surface area contributed by atoms with Gasteiger partial charge in [-0.25, -0.2) is 0 Å². The van der Waals surface area contributed by atoms with E-state index in [0.717, 1.165) is 6.07 Å². The topological polar surface area (TPSA) is 72.4 Å². The number of hydrogen-bond acceptors (Lipinski definition) is 4. The summed E-state index contributed by atoms with van der Waals surface area (Å²) in [5, 5.41) is 10.5. The molecule has 0 aromatic heterocycles. The van der Waals surface area contributed by atoms with E-state index in [1.165, 1.54) is 24.1 Å². The lowest BCUT2D eigenvalue weighted by molar-refractivity contribution is -0.384. The minimum Gasteiger partial charge on any atom is -0.397 e. The summed E-state index contributed by atoms with van der Waals surface area (Å²) in [5.74, 6) is 0. The summed E-state index contributed by atoms with van der Waals surface area (Å²) in [4.78, 5) is 11.2. The molecule has 1 aromatic carbocycles. The number of nitrogens with zero attached hydrogens (tertiary/aromatic N) is 2. The zero-order valence-corrected chi connectivity index (χ0v) is 9.57. The normalized spacial score (nSPS) is 11.3. The highest BCUT2D eigenvalue weighted by molar-refractivity contribution is 5.70. The van der Waals surface area contributed by atoms with Gasteiger partial charge in [0, 0.05) is 25.7 Å². The molecule has 0 heterocycles. The molecule has 0 aliphatic rings. The van der Waals surface area contributed by atoms with Crippen molar-refractivity contribution < 1.29 is 18.1 Å². The predicted octanol–water partition coefficient (Wildman–Crippen LogP) is 2.57. The standard InChI is InChI=1S/C10H12F3N3O2/c1-15(5-4-10(11,12)13)9-3-2-7(16(17)18)6-8(9)14/h2-3,6H,4-5,14H2,1H3. The van der Waals surface area contributed by atoms with Crippen LogP contribution in [0.15, 0.2) is 18.2 Å². The Bertz CT molecular complexity index is 448. The third-order valence-corrected chi connectivity index (χ3v) is 2.36. The van der Waals surface area contributed by atoms with E-state index in [-0.39, 0.29) is 17.9 Å². The number of nitro groups is 1. The largest absolute Gasteiger partial charge is 0.397 e. The van der Waals surface area contributed by atoms with Crippen LogP contribution in [0.1, 0.15) is 6.42 Å². The first-order valence-corrected chi connectivity index (χ1v) is 5.02. The number of non-ortho nitro benzene ring substituents is 1. The molecular weight excluding hydrogens is 251 g/mol. The second kappa shape index (κ2) is 5.11. The van der Waals surface area contributed by atoms with E-state index in [2.05, 4.69) is 0 Å². The van der Waals surface area contributed by atoms with Crippen LogP contribution < -0.4 is 10.6 Å². The molecule has 0 saturated heterocycles. The van der Waals surface area contributed by atoms with Gasteiger partial charge in [0.1, 0.15) is 0 Å². The molecule has 0 spiro atoms. The van der Waals surface area contributed by atoms with E-state index in [9.17, 15) is 23.3 Å². The lowest BCUT2D eigenvalue weighted by atomic mass is 10.2. The maximum Gasteiger partial charge on any atom is 0.390 e. The molecule has 0 bridgehead atoms. The van der Waals surface area contributed by atoms with Gasteiger partial charge >= 0.3 is 6.18 Å². The van der Waals surface area contributed by atoms with Crippen molar-refractivity contribution in [1.29, 1.82) is 0 Å². The van der Waals surface area contributed by atoms with Crippen LogP contribution >= 0.6 is 0 Å². The van der Waals surface area contributed by atoms with Gasteiger partial charge in [-0.2, -0.15) is 13.2 Å². The number of hydrogen-bond donors (Lipinski definition) is 1. The summed E-state index contributed by atoms with van der Waals surface area (Å²) < 4.78 is 36.2. The fourth-order valence-electron chi connectivity index (χ4n) is 1.42. The van der Waals surface area contributed by atoms with Gasteiger partial charge < -0.3 is 10.6 Å². The van der Waals surface area contributed by atoms with Crippen molar-refractivity contribution in [2.45, 2.75) is 12.6 Å². The van der Waals surface area contributed by atoms with Crippen molar-refractivity contribution in [2.24, 2.45) is 0 Å². The monoisotopic (exact) mass is 263 g/mol. The summed E-state index contributed by atoms with van der Waals surface area (Å²) in [5.41, 5.74) is 5.79. The number of rotatable bonds is 4. The van der Waals surface area contributed by atoms with Gasteiger partial charge in [0.05, 0.1) is 22.7 Å². The first-order valence-electron chi connectivity index (χ1n) is 5.02. The molecule has 0 atom stereocenters. The fourth-order valence-corrected chi connectivity index (χ4v) is 1.42. The minimum absolute atomic E-state index is 0.0777. The lowest BCUT2D eigenvalue weighted by Crippen LogP contribution is -2.24. The number of benzene rings is 1. The Kier molecular flexibility index (Phi) is 4.00. The molecule has 0 unspecified atom stereocenters. The molecule has 2 N–H and O–H groups in total. The van der Waals surface area contributed by atoms with E-state index in [4.69, 9.17) is 5.73 Å². The summed E-state index contributed by atoms with van der Waals surface area (Å²) in [7, 11) is 1.45. The minimum atomic E-state index is -4.25. The summed E-state index contributed by atoms with van der Waals surface area (Å²) in [6.07, 6.45) is -5.22. The Labute approximate surface area is 101 Å². The van der Waals surface area contributed by atoms with Crippen LogP contribution in [0.25, 0.3) is 0 Å².